The van der Waals surface area contributed by atoms with Crippen LogP contribution in [0.4, 0.5) is 0 Å². The van der Waals surface area contributed by atoms with Gasteiger partial charge < -0.3 is 9.30 Å². The van der Waals surface area contributed by atoms with Gasteiger partial charge in [-0.05, 0) is 47.8 Å². The van der Waals surface area contributed by atoms with Crippen molar-refractivity contribution in [3.63, 3.8) is 0 Å². The third kappa shape index (κ3) is 1.85. The monoisotopic (exact) mass is 373 g/mol. The van der Waals surface area contributed by atoms with Gasteiger partial charge in [0.2, 0.25) is 0 Å². The number of methoxy groups -OCH3 is 1. The summed E-state index contributed by atoms with van der Waals surface area (Å²) < 4.78 is 8.61. The number of hydrogen-bond donors (Lipinski definition) is 0. The topological polar surface area (TPSA) is 31.2 Å². The van der Waals surface area contributed by atoms with E-state index in [4.69, 9.17) is 0 Å². The molecule has 0 radical (unpaired) electrons. The fourth-order valence-corrected chi connectivity index (χ4v) is 2.62. The lowest BCUT2D eigenvalue weighted by Gasteiger charge is -2.01. The number of esters is 1. The second-order valence-electron chi connectivity index (χ2n) is 2.32. The smallest absolute Gasteiger partial charge is 0.355 e. The van der Waals surface area contributed by atoms with E-state index in [9.17, 15) is 4.79 Å². The van der Waals surface area contributed by atoms with Gasteiger partial charge in [-0.2, -0.15) is 0 Å². The molecule has 0 aliphatic heterocycles. The first-order valence-corrected chi connectivity index (χ1v) is 5.66. The Morgan fingerprint density at radius 2 is 1.85 bits per heavy atom. The van der Waals surface area contributed by atoms with E-state index < -0.39 is 0 Å². The lowest BCUT2D eigenvalue weighted by atomic mass is 10.4. The van der Waals surface area contributed by atoms with Crippen LogP contribution >= 0.6 is 47.8 Å². The summed E-state index contributed by atoms with van der Waals surface area (Å²) in [6.45, 7) is 0. The highest BCUT2D eigenvalue weighted by atomic mass is 79.9. The molecule has 0 amide bonds. The van der Waals surface area contributed by atoms with Gasteiger partial charge in [-0.15, -0.1) is 0 Å². The lowest BCUT2D eigenvalue weighted by Crippen LogP contribution is -2.08. The highest BCUT2D eigenvalue weighted by Crippen LogP contribution is 2.36. The Balaban J connectivity index is 3.37. The van der Waals surface area contributed by atoms with E-state index in [1.807, 2.05) is 0 Å². The summed E-state index contributed by atoms with van der Waals surface area (Å²) in [4.78, 5) is 11.3. The van der Waals surface area contributed by atoms with Gasteiger partial charge in [0.15, 0.2) is 0 Å². The van der Waals surface area contributed by atoms with Crippen LogP contribution in [0.2, 0.25) is 0 Å². The summed E-state index contributed by atoms with van der Waals surface area (Å²) >= 11 is 9.95. The minimum absolute atomic E-state index is 0.374. The average Bonchev–Trinajstić information content (AvgIpc) is 2.30. The van der Waals surface area contributed by atoms with Crippen molar-refractivity contribution in [3.05, 3.63) is 19.2 Å². The SMILES string of the molecule is COC(=O)c1c(Br)c(Br)c(Br)n1C. The van der Waals surface area contributed by atoms with Crippen molar-refractivity contribution >= 4 is 53.8 Å². The molecular formula is C7H6Br3NO2. The van der Waals surface area contributed by atoms with Crippen LogP contribution in [0, 0.1) is 0 Å². The molecule has 1 aromatic rings. The molecule has 1 rings (SSSR count). The van der Waals surface area contributed by atoms with Crippen molar-refractivity contribution in [2.45, 2.75) is 0 Å². The molecule has 0 N–H and O–H groups in total. The second-order valence-corrected chi connectivity index (χ2v) is 4.66. The molecule has 0 saturated heterocycles. The average molecular weight is 376 g/mol. The molecule has 0 aliphatic rings. The molecule has 0 aromatic carbocycles. The molecule has 13 heavy (non-hydrogen) atoms. The summed E-state index contributed by atoms with van der Waals surface area (Å²) in [5.41, 5.74) is 0.473. The van der Waals surface area contributed by atoms with Crippen LogP contribution in [-0.2, 0) is 11.8 Å². The van der Waals surface area contributed by atoms with E-state index >= 15 is 0 Å². The van der Waals surface area contributed by atoms with Crippen molar-refractivity contribution in [3.8, 4) is 0 Å². The van der Waals surface area contributed by atoms with Crippen LogP contribution in [0.3, 0.4) is 0 Å². The van der Waals surface area contributed by atoms with E-state index in [1.54, 1.807) is 11.6 Å². The van der Waals surface area contributed by atoms with Crippen molar-refractivity contribution in [2.75, 3.05) is 7.11 Å². The molecule has 0 atom stereocenters. The molecule has 1 aromatic heterocycles. The third-order valence-corrected chi connectivity index (χ3v) is 5.13. The van der Waals surface area contributed by atoms with Crippen LogP contribution in [-0.4, -0.2) is 17.6 Å². The first-order chi connectivity index (χ1) is 6.00. The third-order valence-electron chi connectivity index (χ3n) is 1.59. The van der Waals surface area contributed by atoms with Crippen molar-refractivity contribution in [1.82, 2.24) is 4.57 Å². The molecule has 0 unspecified atom stereocenters. The molecule has 1 heterocycles. The Bertz CT molecular complexity index is 334. The molecule has 0 fully saturated rings. The summed E-state index contributed by atoms with van der Waals surface area (Å²) in [6.07, 6.45) is 0. The number of aromatic nitrogens is 1. The maximum absolute atomic E-state index is 11.3. The number of halogens is 3. The van der Waals surface area contributed by atoms with Gasteiger partial charge in [-0.1, -0.05) is 0 Å². The highest BCUT2D eigenvalue weighted by molar-refractivity contribution is 9.14. The van der Waals surface area contributed by atoms with Crippen LogP contribution in [0.1, 0.15) is 10.5 Å². The summed E-state index contributed by atoms with van der Waals surface area (Å²) in [5, 5.41) is 0. The highest BCUT2D eigenvalue weighted by Gasteiger charge is 2.21. The van der Waals surface area contributed by atoms with Gasteiger partial charge in [0.25, 0.3) is 0 Å². The largest absolute Gasteiger partial charge is 0.464 e. The normalized spacial score (nSPS) is 10.2. The standard InChI is InChI=1S/C7H6Br3NO2/c1-11-5(7(12)13-2)3(8)4(9)6(11)10/h1-2H3. The van der Waals surface area contributed by atoms with E-state index in [0.717, 1.165) is 9.08 Å². The van der Waals surface area contributed by atoms with Crippen LogP contribution in [0.5, 0.6) is 0 Å². The summed E-state index contributed by atoms with van der Waals surface area (Å²) in [7, 11) is 3.12. The molecule has 6 heteroatoms. The molecule has 0 saturated carbocycles. The number of rotatable bonds is 1. The Labute approximate surface area is 101 Å². The van der Waals surface area contributed by atoms with Crippen LogP contribution in [0.25, 0.3) is 0 Å². The predicted molar refractivity (Wildman–Crippen MR) is 59.9 cm³/mol. The van der Waals surface area contributed by atoms with Crippen LogP contribution in [0.15, 0.2) is 13.5 Å². The first-order valence-electron chi connectivity index (χ1n) is 3.28. The van der Waals surface area contributed by atoms with Gasteiger partial charge in [0, 0.05) is 7.05 Å². The molecule has 3 nitrogen and oxygen atoms in total. The van der Waals surface area contributed by atoms with Crippen molar-refractivity contribution < 1.29 is 9.53 Å². The fraction of sp³-hybridized carbons (Fsp3) is 0.286. The Morgan fingerprint density at radius 1 is 1.31 bits per heavy atom. The van der Waals surface area contributed by atoms with E-state index in [0.29, 0.717) is 10.2 Å². The van der Waals surface area contributed by atoms with E-state index in [1.165, 1.54) is 7.11 Å². The quantitative estimate of drug-likeness (QED) is 0.706. The maximum atomic E-state index is 11.3. The van der Waals surface area contributed by atoms with Gasteiger partial charge in [0.1, 0.15) is 10.3 Å². The molecule has 0 bridgehead atoms. The first kappa shape index (κ1) is 11.3. The molecule has 72 valence electrons. The zero-order valence-corrected chi connectivity index (χ0v) is 11.7. The Kier molecular flexibility index (Phi) is 3.59. The Hall–Kier alpha value is 0.190. The second kappa shape index (κ2) is 4.14. The maximum Gasteiger partial charge on any atom is 0.355 e. The van der Waals surface area contributed by atoms with Crippen LogP contribution < -0.4 is 0 Å². The molecule has 0 spiro atoms. The molecular weight excluding hydrogens is 370 g/mol. The molecule has 0 aliphatic carbocycles. The van der Waals surface area contributed by atoms with Gasteiger partial charge in [0.05, 0.1) is 16.1 Å². The zero-order valence-electron chi connectivity index (χ0n) is 6.90. The zero-order chi connectivity index (χ0) is 10.2. The number of ether oxygens (including phenoxy) is 1. The predicted octanol–water partition coefficient (Wildman–Crippen LogP) is 3.10. The summed E-state index contributed by atoms with van der Waals surface area (Å²) in [6, 6.07) is 0. The minimum Gasteiger partial charge on any atom is -0.464 e. The number of carbonyl (C=O) groups is 1. The Morgan fingerprint density at radius 3 is 2.15 bits per heavy atom. The van der Waals surface area contributed by atoms with Gasteiger partial charge in [-0.3, -0.25) is 0 Å². The van der Waals surface area contributed by atoms with Gasteiger partial charge in [-0.25, -0.2) is 4.79 Å². The van der Waals surface area contributed by atoms with Crippen molar-refractivity contribution in [1.29, 1.82) is 0 Å². The number of carbonyl (C=O) groups excluding carboxylic acids is 1. The van der Waals surface area contributed by atoms with E-state index in [-0.39, 0.29) is 5.97 Å². The fourth-order valence-electron chi connectivity index (χ4n) is 0.910. The van der Waals surface area contributed by atoms with E-state index in [2.05, 4.69) is 52.5 Å². The minimum atomic E-state index is -0.374. The van der Waals surface area contributed by atoms with Gasteiger partial charge >= 0.3 is 5.97 Å². The summed E-state index contributed by atoms with van der Waals surface area (Å²) in [5.74, 6) is -0.374. The van der Waals surface area contributed by atoms with Crippen molar-refractivity contribution in [2.24, 2.45) is 7.05 Å². The number of hydrogen-bond acceptors (Lipinski definition) is 2. The number of nitrogens with zero attached hydrogens (tertiary/aromatic N) is 1. The lowest BCUT2D eigenvalue weighted by molar-refractivity contribution is 0.0588.